The Morgan fingerprint density at radius 3 is 2.29 bits per heavy atom. The quantitative estimate of drug-likeness (QED) is 0.788. The summed E-state index contributed by atoms with van der Waals surface area (Å²) in [4.78, 5) is 3.59. The molecule has 0 saturated carbocycles. The van der Waals surface area contributed by atoms with Crippen molar-refractivity contribution in [1.82, 2.24) is 4.90 Å². The van der Waals surface area contributed by atoms with E-state index < -0.39 is 0 Å². The Hall–Kier alpha value is -0.510. The van der Waals surface area contributed by atoms with Gasteiger partial charge >= 0.3 is 0 Å². The summed E-state index contributed by atoms with van der Waals surface area (Å²) >= 11 is 1.76. The number of aliphatic hydroxyl groups is 1. The van der Waals surface area contributed by atoms with Gasteiger partial charge in [-0.15, -0.1) is 11.8 Å². The second-order valence-corrected chi connectivity index (χ2v) is 5.87. The first-order chi connectivity index (χ1) is 7.99. The number of nitrogens with zero attached hydrogens (tertiary/aromatic N) is 1. The molecule has 0 saturated heterocycles. The van der Waals surface area contributed by atoms with Gasteiger partial charge in [-0.05, 0) is 51.3 Å². The van der Waals surface area contributed by atoms with Crippen molar-refractivity contribution in [1.29, 1.82) is 0 Å². The Morgan fingerprint density at radius 1 is 1.24 bits per heavy atom. The third-order valence-corrected chi connectivity index (χ3v) is 4.08. The minimum absolute atomic E-state index is 0.0347. The Labute approximate surface area is 109 Å². The molecule has 2 nitrogen and oxygen atoms in total. The summed E-state index contributed by atoms with van der Waals surface area (Å²) < 4.78 is 0. The van der Waals surface area contributed by atoms with E-state index in [0.29, 0.717) is 0 Å². The van der Waals surface area contributed by atoms with Crippen LogP contribution in [0, 0.1) is 0 Å². The smallest absolute Gasteiger partial charge is 0.0448 e. The van der Waals surface area contributed by atoms with Gasteiger partial charge in [-0.3, -0.25) is 4.90 Å². The fraction of sp³-hybridized carbons (Fsp3) is 0.571. The van der Waals surface area contributed by atoms with Gasteiger partial charge in [0.15, 0.2) is 0 Å². The van der Waals surface area contributed by atoms with Crippen molar-refractivity contribution in [3.05, 3.63) is 29.8 Å². The minimum atomic E-state index is 0.0347. The van der Waals surface area contributed by atoms with E-state index in [0.717, 1.165) is 13.0 Å². The molecule has 96 valence electrons. The summed E-state index contributed by atoms with van der Waals surface area (Å²) in [6.07, 6.45) is 2.89. The van der Waals surface area contributed by atoms with E-state index in [1.807, 2.05) is 0 Å². The second kappa shape index (κ2) is 6.43. The monoisotopic (exact) mass is 253 g/mol. The highest BCUT2D eigenvalue weighted by Crippen LogP contribution is 2.21. The van der Waals surface area contributed by atoms with Crippen molar-refractivity contribution < 1.29 is 5.11 Å². The lowest BCUT2D eigenvalue weighted by atomic mass is 9.98. The standard InChI is InChI=1S/C14H23NOS/c1-14(2,9-10-16)15(3)11-12-5-7-13(17-4)8-6-12/h5-8,16H,9-11H2,1-4H3. The summed E-state index contributed by atoms with van der Waals surface area (Å²) in [5, 5.41) is 9.06. The number of aliphatic hydroxyl groups excluding tert-OH is 1. The fourth-order valence-electron chi connectivity index (χ4n) is 1.68. The largest absolute Gasteiger partial charge is 0.396 e. The van der Waals surface area contributed by atoms with Crippen LogP contribution in [0.25, 0.3) is 0 Å². The van der Waals surface area contributed by atoms with Crippen molar-refractivity contribution in [2.75, 3.05) is 19.9 Å². The maximum absolute atomic E-state index is 9.06. The molecule has 0 atom stereocenters. The van der Waals surface area contributed by atoms with Gasteiger partial charge in [-0.2, -0.15) is 0 Å². The van der Waals surface area contributed by atoms with Crippen LogP contribution in [0.1, 0.15) is 25.8 Å². The molecular formula is C14H23NOS. The van der Waals surface area contributed by atoms with Crippen molar-refractivity contribution in [2.24, 2.45) is 0 Å². The average molecular weight is 253 g/mol. The molecule has 0 spiro atoms. The van der Waals surface area contributed by atoms with Gasteiger partial charge in [0.05, 0.1) is 0 Å². The normalized spacial score (nSPS) is 12.1. The molecule has 0 unspecified atom stereocenters. The number of thioether (sulfide) groups is 1. The fourth-order valence-corrected chi connectivity index (χ4v) is 2.09. The lowest BCUT2D eigenvalue weighted by Gasteiger charge is -2.35. The van der Waals surface area contributed by atoms with Crippen LogP contribution in [0.2, 0.25) is 0 Å². The number of hydrogen-bond acceptors (Lipinski definition) is 3. The first-order valence-corrected chi connectivity index (χ1v) is 7.17. The van der Waals surface area contributed by atoms with E-state index in [4.69, 9.17) is 5.11 Å². The van der Waals surface area contributed by atoms with Crippen molar-refractivity contribution in [3.8, 4) is 0 Å². The zero-order valence-electron chi connectivity index (χ0n) is 11.2. The lowest BCUT2D eigenvalue weighted by molar-refractivity contribution is 0.110. The van der Waals surface area contributed by atoms with Gasteiger partial charge in [-0.1, -0.05) is 12.1 Å². The molecular weight excluding hydrogens is 230 g/mol. The van der Waals surface area contributed by atoms with Crippen LogP contribution in [-0.4, -0.2) is 35.5 Å². The van der Waals surface area contributed by atoms with Crippen molar-refractivity contribution in [2.45, 2.75) is 37.2 Å². The molecule has 0 amide bonds. The van der Waals surface area contributed by atoms with Crippen molar-refractivity contribution >= 4 is 11.8 Å². The molecule has 0 fully saturated rings. The summed E-state index contributed by atoms with van der Waals surface area (Å²) in [6, 6.07) is 8.68. The van der Waals surface area contributed by atoms with E-state index in [-0.39, 0.29) is 12.1 Å². The zero-order valence-corrected chi connectivity index (χ0v) is 12.0. The van der Waals surface area contributed by atoms with Crippen LogP contribution >= 0.6 is 11.8 Å². The number of rotatable bonds is 6. The molecule has 0 aliphatic rings. The molecule has 1 rings (SSSR count). The summed E-state index contributed by atoms with van der Waals surface area (Å²) in [7, 11) is 2.11. The Kier molecular flexibility index (Phi) is 5.50. The van der Waals surface area contributed by atoms with Crippen LogP contribution in [0.15, 0.2) is 29.2 Å². The Bertz CT molecular complexity index is 335. The SMILES string of the molecule is CSc1ccc(CN(C)C(C)(C)CCO)cc1. The molecule has 0 aromatic heterocycles. The third kappa shape index (κ3) is 4.34. The number of benzene rings is 1. The molecule has 0 bridgehead atoms. The molecule has 0 aliphatic carbocycles. The van der Waals surface area contributed by atoms with Gasteiger partial charge < -0.3 is 5.11 Å². The van der Waals surface area contributed by atoms with E-state index in [1.54, 1.807) is 11.8 Å². The van der Waals surface area contributed by atoms with Gasteiger partial charge in [0.1, 0.15) is 0 Å². The maximum atomic E-state index is 9.06. The Morgan fingerprint density at radius 2 is 1.82 bits per heavy atom. The van der Waals surface area contributed by atoms with Gasteiger partial charge in [-0.25, -0.2) is 0 Å². The molecule has 0 radical (unpaired) electrons. The van der Waals surface area contributed by atoms with Crippen LogP contribution < -0.4 is 0 Å². The van der Waals surface area contributed by atoms with E-state index in [1.165, 1.54) is 10.5 Å². The van der Waals surface area contributed by atoms with E-state index >= 15 is 0 Å². The second-order valence-electron chi connectivity index (χ2n) is 4.99. The zero-order chi connectivity index (χ0) is 12.9. The topological polar surface area (TPSA) is 23.5 Å². The summed E-state index contributed by atoms with van der Waals surface area (Å²) in [6.45, 7) is 5.49. The first kappa shape index (κ1) is 14.6. The third-order valence-electron chi connectivity index (χ3n) is 3.34. The maximum Gasteiger partial charge on any atom is 0.0448 e. The highest BCUT2D eigenvalue weighted by atomic mass is 32.2. The highest BCUT2D eigenvalue weighted by Gasteiger charge is 2.22. The predicted octanol–water partition coefficient (Wildman–Crippen LogP) is 3.00. The molecule has 1 N–H and O–H groups in total. The van der Waals surface area contributed by atoms with E-state index in [2.05, 4.69) is 56.3 Å². The molecule has 17 heavy (non-hydrogen) atoms. The Balaban J connectivity index is 2.63. The predicted molar refractivity (Wildman–Crippen MR) is 75.5 cm³/mol. The minimum Gasteiger partial charge on any atom is -0.396 e. The number of hydrogen-bond donors (Lipinski definition) is 1. The molecule has 3 heteroatoms. The highest BCUT2D eigenvalue weighted by molar-refractivity contribution is 7.98. The summed E-state index contributed by atoms with van der Waals surface area (Å²) in [5.74, 6) is 0. The molecule has 1 aromatic rings. The van der Waals surface area contributed by atoms with Crippen molar-refractivity contribution in [3.63, 3.8) is 0 Å². The first-order valence-electron chi connectivity index (χ1n) is 5.94. The van der Waals surface area contributed by atoms with Gasteiger partial charge in [0.2, 0.25) is 0 Å². The average Bonchev–Trinajstić information content (AvgIpc) is 2.30. The lowest BCUT2D eigenvalue weighted by Crippen LogP contribution is -2.41. The van der Waals surface area contributed by atoms with Gasteiger partial charge in [0.25, 0.3) is 0 Å². The van der Waals surface area contributed by atoms with Crippen LogP contribution in [-0.2, 0) is 6.54 Å². The van der Waals surface area contributed by atoms with Crippen LogP contribution in [0.3, 0.4) is 0 Å². The van der Waals surface area contributed by atoms with E-state index in [9.17, 15) is 0 Å². The van der Waals surface area contributed by atoms with Crippen LogP contribution in [0.5, 0.6) is 0 Å². The molecule has 0 aliphatic heterocycles. The summed E-state index contributed by atoms with van der Waals surface area (Å²) in [5.41, 5.74) is 1.35. The van der Waals surface area contributed by atoms with Gasteiger partial charge in [0, 0.05) is 23.6 Å². The molecule has 0 heterocycles. The van der Waals surface area contributed by atoms with Crippen LogP contribution in [0.4, 0.5) is 0 Å². The molecule has 1 aromatic carbocycles.